The smallest absolute Gasteiger partial charge is 0.227 e. The van der Waals surface area contributed by atoms with Crippen LogP contribution in [0.4, 0.5) is 11.9 Å². The lowest BCUT2D eigenvalue weighted by molar-refractivity contribution is 0.512. The van der Waals surface area contributed by atoms with Crippen LogP contribution in [0.5, 0.6) is 0 Å². The van der Waals surface area contributed by atoms with Crippen molar-refractivity contribution in [2.75, 3.05) is 30.9 Å². The fraction of sp³-hybridized carbons (Fsp3) is 0.455. The van der Waals surface area contributed by atoms with Gasteiger partial charge in [-0.2, -0.15) is 0 Å². The summed E-state index contributed by atoms with van der Waals surface area (Å²) in [5, 5.41) is 11.4. The molecule has 0 atom stereocenters. The number of nitrogens with one attached hydrogen (secondary N) is 1. The topological polar surface area (TPSA) is 59.1 Å². The van der Waals surface area contributed by atoms with Gasteiger partial charge < -0.3 is 14.6 Å². The highest BCUT2D eigenvalue weighted by molar-refractivity contribution is 5.37. The monoisotopic (exact) mass is 235 g/mol. The second kappa shape index (κ2) is 4.90. The van der Waals surface area contributed by atoms with Crippen molar-refractivity contribution in [3.05, 3.63) is 24.2 Å². The van der Waals surface area contributed by atoms with E-state index in [2.05, 4.69) is 15.5 Å². The number of nitrogens with zero attached hydrogens (tertiary/aromatic N) is 4. The minimum Gasteiger partial charge on any atom is -0.469 e. The van der Waals surface area contributed by atoms with Crippen LogP contribution in [-0.4, -0.2) is 35.4 Å². The Kier molecular flexibility index (Phi) is 3.32. The molecule has 0 fully saturated rings. The molecule has 0 aliphatic carbocycles. The van der Waals surface area contributed by atoms with Gasteiger partial charge in [0.05, 0.1) is 6.26 Å². The third-order valence-electron chi connectivity index (χ3n) is 2.49. The van der Waals surface area contributed by atoms with Crippen LogP contribution in [0.2, 0.25) is 0 Å². The Morgan fingerprint density at radius 2 is 2.24 bits per heavy atom. The number of hydrogen-bond donors (Lipinski definition) is 1. The first kappa shape index (κ1) is 11.5. The summed E-state index contributed by atoms with van der Waals surface area (Å²) in [6.07, 6.45) is 2.51. The van der Waals surface area contributed by atoms with Crippen molar-refractivity contribution < 1.29 is 4.42 Å². The van der Waals surface area contributed by atoms with Gasteiger partial charge in [0, 0.05) is 34.1 Å². The van der Waals surface area contributed by atoms with E-state index in [4.69, 9.17) is 4.42 Å². The molecule has 0 spiro atoms. The predicted molar refractivity (Wildman–Crippen MR) is 66.2 cm³/mol. The van der Waals surface area contributed by atoms with Crippen molar-refractivity contribution in [1.29, 1.82) is 0 Å². The molecule has 2 heterocycles. The summed E-state index contributed by atoms with van der Waals surface area (Å²) in [5.74, 6) is 2.55. The van der Waals surface area contributed by atoms with Gasteiger partial charge in [0.15, 0.2) is 0 Å². The van der Waals surface area contributed by atoms with E-state index in [1.54, 1.807) is 6.26 Å². The third kappa shape index (κ3) is 2.58. The lowest BCUT2D eigenvalue weighted by Gasteiger charge is -2.11. The zero-order chi connectivity index (χ0) is 12.3. The number of furan rings is 1. The fourth-order valence-corrected chi connectivity index (χ4v) is 1.62. The van der Waals surface area contributed by atoms with Gasteiger partial charge in [-0.1, -0.05) is 0 Å². The van der Waals surface area contributed by atoms with Crippen molar-refractivity contribution in [2.24, 2.45) is 7.05 Å². The molecule has 6 heteroatoms. The van der Waals surface area contributed by atoms with Gasteiger partial charge >= 0.3 is 0 Å². The molecule has 6 nitrogen and oxygen atoms in total. The first-order chi connectivity index (χ1) is 8.18. The molecule has 0 aromatic carbocycles. The van der Waals surface area contributed by atoms with E-state index in [1.807, 2.05) is 42.7 Å². The molecule has 17 heavy (non-hydrogen) atoms. The Labute approximate surface area is 100 Å². The van der Waals surface area contributed by atoms with Gasteiger partial charge in [-0.25, -0.2) is 0 Å². The highest BCUT2D eigenvalue weighted by Gasteiger charge is 2.09. The average molecular weight is 235 g/mol. The van der Waals surface area contributed by atoms with Gasteiger partial charge in [-0.15, -0.1) is 10.2 Å². The quantitative estimate of drug-likeness (QED) is 0.841. The summed E-state index contributed by atoms with van der Waals surface area (Å²) >= 11 is 0. The van der Waals surface area contributed by atoms with Crippen molar-refractivity contribution in [3.63, 3.8) is 0 Å². The predicted octanol–water partition coefficient (Wildman–Crippen LogP) is 1.13. The molecule has 0 aliphatic rings. The molecule has 2 aromatic heterocycles. The minimum absolute atomic E-state index is 0.764. The Bertz CT molecular complexity index is 460. The summed E-state index contributed by atoms with van der Waals surface area (Å²) in [4.78, 5) is 1.92. The second-order valence-electron chi connectivity index (χ2n) is 4.03. The van der Waals surface area contributed by atoms with Crippen LogP contribution in [0.15, 0.2) is 22.8 Å². The van der Waals surface area contributed by atoms with E-state index >= 15 is 0 Å². The van der Waals surface area contributed by atoms with Crippen LogP contribution in [-0.2, 0) is 13.5 Å². The van der Waals surface area contributed by atoms with E-state index in [1.165, 1.54) is 0 Å². The van der Waals surface area contributed by atoms with Gasteiger partial charge in [-0.05, 0) is 12.1 Å². The van der Waals surface area contributed by atoms with Gasteiger partial charge in [-0.3, -0.25) is 4.57 Å². The van der Waals surface area contributed by atoms with E-state index in [-0.39, 0.29) is 0 Å². The van der Waals surface area contributed by atoms with Crippen LogP contribution in [0, 0.1) is 0 Å². The van der Waals surface area contributed by atoms with Crippen LogP contribution >= 0.6 is 0 Å². The van der Waals surface area contributed by atoms with E-state index in [0.717, 1.165) is 30.6 Å². The molecule has 0 saturated heterocycles. The minimum atomic E-state index is 0.764. The Morgan fingerprint density at radius 1 is 1.41 bits per heavy atom. The van der Waals surface area contributed by atoms with Crippen molar-refractivity contribution in [2.45, 2.75) is 6.42 Å². The van der Waals surface area contributed by atoms with Crippen LogP contribution < -0.4 is 10.2 Å². The summed E-state index contributed by atoms with van der Waals surface area (Å²) in [5.41, 5.74) is 0. The molecule has 0 saturated carbocycles. The largest absolute Gasteiger partial charge is 0.469 e. The van der Waals surface area contributed by atoms with Crippen LogP contribution in [0.1, 0.15) is 5.76 Å². The molecular formula is C11H17N5O. The number of aromatic nitrogens is 3. The molecule has 0 bridgehead atoms. The maximum absolute atomic E-state index is 5.25. The Hall–Kier alpha value is -1.98. The molecular weight excluding hydrogens is 218 g/mol. The maximum Gasteiger partial charge on any atom is 0.227 e. The molecule has 0 radical (unpaired) electrons. The molecule has 2 aromatic rings. The fourth-order valence-electron chi connectivity index (χ4n) is 1.62. The summed E-state index contributed by atoms with van der Waals surface area (Å²) < 4.78 is 7.17. The Balaban J connectivity index is 1.91. The first-order valence-corrected chi connectivity index (χ1v) is 5.51. The standard InChI is InChI=1S/C11H17N5O/c1-15(2)11-14-13-10(16(11)3)12-7-6-9-5-4-8-17-9/h4-5,8H,6-7H2,1-3H3,(H,12,13). The number of rotatable bonds is 5. The molecule has 0 amide bonds. The molecule has 0 unspecified atom stereocenters. The van der Waals surface area contributed by atoms with Crippen molar-refractivity contribution in [1.82, 2.24) is 14.8 Å². The summed E-state index contributed by atoms with van der Waals surface area (Å²) in [7, 11) is 5.82. The van der Waals surface area contributed by atoms with E-state index in [0.29, 0.717) is 0 Å². The van der Waals surface area contributed by atoms with Crippen LogP contribution in [0.25, 0.3) is 0 Å². The molecule has 0 aliphatic heterocycles. The van der Waals surface area contributed by atoms with Gasteiger partial charge in [0.1, 0.15) is 5.76 Å². The average Bonchev–Trinajstić information content (AvgIpc) is 2.89. The summed E-state index contributed by atoms with van der Waals surface area (Å²) in [6.45, 7) is 0.771. The normalized spacial score (nSPS) is 10.5. The molecule has 92 valence electrons. The zero-order valence-electron chi connectivity index (χ0n) is 10.3. The van der Waals surface area contributed by atoms with Crippen LogP contribution in [0.3, 0.4) is 0 Å². The third-order valence-corrected chi connectivity index (χ3v) is 2.49. The van der Waals surface area contributed by atoms with Gasteiger partial charge in [0.25, 0.3) is 0 Å². The number of anilines is 2. The molecule has 2 rings (SSSR count). The van der Waals surface area contributed by atoms with Crippen molar-refractivity contribution >= 4 is 11.9 Å². The highest BCUT2D eigenvalue weighted by atomic mass is 16.3. The lowest BCUT2D eigenvalue weighted by Crippen LogP contribution is -2.15. The highest BCUT2D eigenvalue weighted by Crippen LogP contribution is 2.11. The SMILES string of the molecule is CN(C)c1nnc(NCCc2ccco2)n1C. The zero-order valence-corrected chi connectivity index (χ0v) is 10.3. The van der Waals surface area contributed by atoms with E-state index in [9.17, 15) is 0 Å². The lowest BCUT2D eigenvalue weighted by atomic mass is 10.3. The van der Waals surface area contributed by atoms with Gasteiger partial charge in [0.2, 0.25) is 11.9 Å². The number of hydrogen-bond acceptors (Lipinski definition) is 5. The maximum atomic E-state index is 5.25. The Morgan fingerprint density at radius 3 is 2.82 bits per heavy atom. The van der Waals surface area contributed by atoms with Crippen molar-refractivity contribution in [3.8, 4) is 0 Å². The van der Waals surface area contributed by atoms with E-state index < -0.39 is 0 Å². The summed E-state index contributed by atoms with van der Waals surface area (Å²) in [6, 6.07) is 3.85. The second-order valence-corrected chi connectivity index (χ2v) is 4.03. The molecule has 1 N–H and O–H groups in total. The first-order valence-electron chi connectivity index (χ1n) is 5.51.